The molecule has 4 rings (SSSR count). The van der Waals surface area contributed by atoms with Gasteiger partial charge in [0.05, 0.1) is 18.2 Å². The lowest BCUT2D eigenvalue weighted by Crippen LogP contribution is -2.14. The lowest BCUT2D eigenvalue weighted by atomic mass is 10.2. The number of ether oxygens (including phenoxy) is 1. The molecule has 148 valence electrons. The van der Waals surface area contributed by atoms with E-state index in [2.05, 4.69) is 20.5 Å². The van der Waals surface area contributed by atoms with Crippen LogP contribution in [0.15, 0.2) is 35.7 Å². The van der Waals surface area contributed by atoms with E-state index in [0.717, 1.165) is 22.2 Å². The molecule has 29 heavy (non-hydrogen) atoms. The van der Waals surface area contributed by atoms with Crippen LogP contribution in [0, 0.1) is 13.8 Å². The number of thioether (sulfide) groups is 1. The number of anilines is 1. The molecule has 0 fully saturated rings. The number of esters is 1. The van der Waals surface area contributed by atoms with Crippen LogP contribution in [-0.4, -0.2) is 44.3 Å². The Morgan fingerprint density at radius 1 is 1.21 bits per heavy atom. The molecule has 3 heterocycles. The largest absolute Gasteiger partial charge is 0.465 e. The molecule has 8 nitrogen and oxygen atoms in total. The van der Waals surface area contributed by atoms with Gasteiger partial charge < -0.3 is 10.1 Å². The zero-order valence-corrected chi connectivity index (χ0v) is 17.6. The van der Waals surface area contributed by atoms with Crippen LogP contribution < -0.4 is 5.32 Å². The molecular formula is C19H17N5O3S2. The molecule has 4 aromatic rings. The summed E-state index contributed by atoms with van der Waals surface area (Å²) in [5.41, 5.74) is 3.24. The number of fused-ring (bicyclic) bond motifs is 3. The summed E-state index contributed by atoms with van der Waals surface area (Å²) in [6.07, 6.45) is 1.61. The van der Waals surface area contributed by atoms with E-state index in [1.807, 2.05) is 38.1 Å². The SMILES string of the molecule is COC(=O)c1sc2ncn3c(SCC(=O)Nc4ccc(C)cc4)nnc3c2c1C. The van der Waals surface area contributed by atoms with Crippen molar-refractivity contribution in [2.24, 2.45) is 0 Å². The number of hydrogen-bond donors (Lipinski definition) is 1. The standard InChI is InChI=1S/C19H17N5O3S2/c1-10-4-6-12(7-5-10)21-13(25)8-28-19-23-22-16-14-11(2)15(18(26)27-3)29-17(14)20-9-24(16)19/h4-7,9H,8H2,1-3H3,(H,21,25). The minimum atomic E-state index is -0.398. The molecule has 0 aliphatic heterocycles. The van der Waals surface area contributed by atoms with Crippen molar-refractivity contribution in [2.75, 3.05) is 18.2 Å². The van der Waals surface area contributed by atoms with Gasteiger partial charge in [0.1, 0.15) is 16.0 Å². The third-order valence-corrected chi connectivity index (χ3v) is 6.47. The highest BCUT2D eigenvalue weighted by Gasteiger charge is 2.21. The number of nitrogens with one attached hydrogen (secondary N) is 1. The maximum Gasteiger partial charge on any atom is 0.348 e. The molecule has 1 N–H and O–H groups in total. The molecule has 0 saturated heterocycles. The molecule has 0 atom stereocenters. The Morgan fingerprint density at radius 2 is 1.97 bits per heavy atom. The molecule has 0 bridgehead atoms. The van der Waals surface area contributed by atoms with Crippen LogP contribution in [0.4, 0.5) is 5.69 Å². The first kappa shape index (κ1) is 19.3. The summed E-state index contributed by atoms with van der Waals surface area (Å²) in [4.78, 5) is 29.8. The minimum Gasteiger partial charge on any atom is -0.465 e. The van der Waals surface area contributed by atoms with Crippen LogP contribution >= 0.6 is 23.1 Å². The second kappa shape index (κ2) is 7.80. The molecule has 3 aromatic heterocycles. The van der Waals surface area contributed by atoms with Gasteiger partial charge in [0.15, 0.2) is 10.8 Å². The summed E-state index contributed by atoms with van der Waals surface area (Å²) >= 11 is 2.53. The molecule has 0 saturated carbocycles. The third-order valence-electron chi connectivity index (χ3n) is 4.35. The van der Waals surface area contributed by atoms with Gasteiger partial charge in [-0.25, -0.2) is 9.78 Å². The normalized spacial score (nSPS) is 11.1. The fourth-order valence-electron chi connectivity index (χ4n) is 2.86. The Balaban J connectivity index is 1.56. The molecule has 1 amide bonds. The number of aromatic nitrogens is 4. The minimum absolute atomic E-state index is 0.135. The fraction of sp³-hybridized carbons (Fsp3) is 0.211. The number of nitrogens with zero attached hydrogens (tertiary/aromatic N) is 4. The van der Waals surface area contributed by atoms with Gasteiger partial charge in [-0.1, -0.05) is 29.5 Å². The Hall–Kier alpha value is -2.98. The van der Waals surface area contributed by atoms with Crippen molar-refractivity contribution in [3.8, 4) is 0 Å². The van der Waals surface area contributed by atoms with E-state index in [-0.39, 0.29) is 11.7 Å². The molecule has 1 aromatic carbocycles. The van der Waals surface area contributed by atoms with Gasteiger partial charge in [0.2, 0.25) is 5.91 Å². The topological polar surface area (TPSA) is 98.5 Å². The van der Waals surface area contributed by atoms with Crippen LogP contribution in [-0.2, 0) is 9.53 Å². The van der Waals surface area contributed by atoms with E-state index < -0.39 is 5.97 Å². The molecule has 0 aliphatic carbocycles. The van der Waals surface area contributed by atoms with Crippen molar-refractivity contribution < 1.29 is 14.3 Å². The van der Waals surface area contributed by atoms with Crippen LogP contribution in [0.1, 0.15) is 20.8 Å². The quantitative estimate of drug-likeness (QED) is 0.385. The molecule has 0 spiro atoms. The summed E-state index contributed by atoms with van der Waals surface area (Å²) in [5, 5.41) is 12.6. The lowest BCUT2D eigenvalue weighted by Gasteiger charge is -2.05. The summed E-state index contributed by atoms with van der Waals surface area (Å²) < 4.78 is 6.57. The Bertz CT molecular complexity index is 1230. The van der Waals surface area contributed by atoms with Crippen molar-refractivity contribution >= 4 is 56.5 Å². The van der Waals surface area contributed by atoms with E-state index in [4.69, 9.17) is 4.74 Å². The number of benzene rings is 1. The van der Waals surface area contributed by atoms with Crippen molar-refractivity contribution in [3.05, 3.63) is 46.6 Å². The number of rotatable bonds is 5. The van der Waals surface area contributed by atoms with Gasteiger partial charge in [-0.15, -0.1) is 21.5 Å². The van der Waals surface area contributed by atoms with Crippen LogP contribution in [0.25, 0.3) is 15.9 Å². The smallest absolute Gasteiger partial charge is 0.348 e. The first-order chi connectivity index (χ1) is 14.0. The Labute approximate surface area is 174 Å². The number of carbonyl (C=O) groups is 2. The first-order valence-corrected chi connectivity index (χ1v) is 10.5. The highest BCUT2D eigenvalue weighted by molar-refractivity contribution is 7.99. The summed E-state index contributed by atoms with van der Waals surface area (Å²) in [6.45, 7) is 3.83. The van der Waals surface area contributed by atoms with E-state index in [0.29, 0.717) is 20.5 Å². The van der Waals surface area contributed by atoms with E-state index in [1.54, 1.807) is 10.7 Å². The summed E-state index contributed by atoms with van der Waals surface area (Å²) in [6, 6.07) is 7.61. The van der Waals surface area contributed by atoms with Crippen LogP contribution in [0.5, 0.6) is 0 Å². The van der Waals surface area contributed by atoms with Gasteiger partial charge in [0.25, 0.3) is 0 Å². The van der Waals surface area contributed by atoms with Gasteiger partial charge in [-0.05, 0) is 31.5 Å². The van der Waals surface area contributed by atoms with Crippen molar-refractivity contribution in [1.82, 2.24) is 19.6 Å². The van der Waals surface area contributed by atoms with E-state index >= 15 is 0 Å². The number of amides is 1. The van der Waals surface area contributed by atoms with Crippen LogP contribution in [0.3, 0.4) is 0 Å². The Morgan fingerprint density at radius 3 is 2.69 bits per heavy atom. The van der Waals surface area contributed by atoms with Gasteiger partial charge in [0, 0.05) is 5.69 Å². The molecule has 0 unspecified atom stereocenters. The van der Waals surface area contributed by atoms with Crippen molar-refractivity contribution in [1.29, 1.82) is 0 Å². The van der Waals surface area contributed by atoms with E-state index in [1.165, 1.54) is 30.2 Å². The van der Waals surface area contributed by atoms with Gasteiger partial charge >= 0.3 is 5.97 Å². The summed E-state index contributed by atoms with van der Waals surface area (Å²) in [7, 11) is 1.35. The van der Waals surface area contributed by atoms with E-state index in [9.17, 15) is 9.59 Å². The van der Waals surface area contributed by atoms with Gasteiger partial charge in [-0.3, -0.25) is 9.20 Å². The predicted octanol–water partition coefficient (Wildman–Crippen LogP) is 3.47. The second-order valence-electron chi connectivity index (χ2n) is 6.35. The molecule has 10 heteroatoms. The molecule has 0 radical (unpaired) electrons. The van der Waals surface area contributed by atoms with Gasteiger partial charge in [-0.2, -0.15) is 0 Å². The summed E-state index contributed by atoms with van der Waals surface area (Å²) in [5.74, 6) is -0.349. The first-order valence-electron chi connectivity index (χ1n) is 8.68. The number of carbonyl (C=O) groups excluding carboxylic acids is 2. The number of thiophene rings is 1. The second-order valence-corrected chi connectivity index (χ2v) is 8.29. The fourth-order valence-corrected chi connectivity index (χ4v) is 4.63. The predicted molar refractivity (Wildman–Crippen MR) is 113 cm³/mol. The zero-order valence-electron chi connectivity index (χ0n) is 15.9. The number of methoxy groups -OCH3 is 1. The van der Waals surface area contributed by atoms with Crippen molar-refractivity contribution in [3.63, 3.8) is 0 Å². The van der Waals surface area contributed by atoms with Crippen LogP contribution in [0.2, 0.25) is 0 Å². The maximum absolute atomic E-state index is 12.3. The number of aryl methyl sites for hydroxylation is 2. The highest BCUT2D eigenvalue weighted by Crippen LogP contribution is 2.33. The number of hydrogen-bond acceptors (Lipinski definition) is 8. The maximum atomic E-state index is 12.3. The zero-order chi connectivity index (χ0) is 20.5. The average Bonchev–Trinajstić information content (AvgIpc) is 3.28. The van der Waals surface area contributed by atoms with Crippen molar-refractivity contribution in [2.45, 2.75) is 19.0 Å². The molecular weight excluding hydrogens is 410 g/mol. The average molecular weight is 428 g/mol. The third kappa shape index (κ3) is 3.68. The highest BCUT2D eigenvalue weighted by atomic mass is 32.2. The molecule has 0 aliphatic rings. The lowest BCUT2D eigenvalue weighted by molar-refractivity contribution is -0.113. The monoisotopic (exact) mass is 427 g/mol. The Kier molecular flexibility index (Phi) is 5.20.